The fraction of sp³-hybridized carbons (Fsp3) is 0.600. The highest BCUT2D eigenvalue weighted by molar-refractivity contribution is 6.35. The van der Waals surface area contributed by atoms with Gasteiger partial charge in [-0.1, -0.05) is 42.1 Å². The topological polar surface area (TPSA) is 15.3 Å². The molecule has 0 amide bonds. The fourth-order valence-electron chi connectivity index (χ4n) is 2.70. The fourth-order valence-corrected chi connectivity index (χ4v) is 3.23. The van der Waals surface area contributed by atoms with Crippen LogP contribution in [0.5, 0.6) is 0 Å². The van der Waals surface area contributed by atoms with E-state index in [1.165, 1.54) is 25.7 Å². The first-order valence-electron chi connectivity index (χ1n) is 7.02. The third kappa shape index (κ3) is 4.35. The maximum absolute atomic E-state index is 6.14. The molecule has 1 aromatic carbocycles. The van der Waals surface area contributed by atoms with E-state index in [2.05, 4.69) is 17.3 Å². The first-order chi connectivity index (χ1) is 9.18. The molecular weight excluding hydrogens is 279 g/mol. The molecule has 0 spiro atoms. The zero-order chi connectivity index (χ0) is 13.7. The predicted molar refractivity (Wildman–Crippen MR) is 83.1 cm³/mol. The summed E-state index contributed by atoms with van der Waals surface area (Å²) in [6.45, 7) is 2.78. The molecule has 0 unspecified atom stereocenters. The molecule has 0 radical (unpaired) electrons. The standard InChI is InChI=1S/C15H22Cl2N2/c1-19(12-5-2-3-6-12)10-9-18-11-13-14(16)7-4-8-15(13)17/h4,7-8,12,18H,2-3,5-6,9-11H2,1H3. The highest BCUT2D eigenvalue weighted by atomic mass is 35.5. The Balaban J connectivity index is 1.71. The summed E-state index contributed by atoms with van der Waals surface area (Å²) in [7, 11) is 2.22. The van der Waals surface area contributed by atoms with E-state index in [-0.39, 0.29) is 0 Å². The van der Waals surface area contributed by atoms with Crippen LogP contribution in [-0.2, 0) is 6.54 Å². The summed E-state index contributed by atoms with van der Waals surface area (Å²) in [5.74, 6) is 0. The van der Waals surface area contributed by atoms with E-state index in [4.69, 9.17) is 23.2 Å². The molecule has 1 saturated carbocycles. The normalized spacial score (nSPS) is 16.4. The van der Waals surface area contributed by atoms with Crippen molar-refractivity contribution >= 4 is 23.2 Å². The molecule has 0 bridgehead atoms. The Morgan fingerprint density at radius 1 is 1.21 bits per heavy atom. The zero-order valence-corrected chi connectivity index (χ0v) is 13.0. The Bertz CT molecular complexity index is 383. The summed E-state index contributed by atoms with van der Waals surface area (Å²) in [5, 5.41) is 4.91. The summed E-state index contributed by atoms with van der Waals surface area (Å²) in [4.78, 5) is 2.47. The van der Waals surface area contributed by atoms with Crippen LogP contribution >= 0.6 is 23.2 Å². The van der Waals surface area contributed by atoms with Crippen molar-refractivity contribution in [2.24, 2.45) is 0 Å². The molecule has 1 aliphatic rings. The Hall–Kier alpha value is -0.280. The molecule has 2 rings (SSSR count). The minimum absolute atomic E-state index is 0.733. The van der Waals surface area contributed by atoms with Gasteiger partial charge in [-0.15, -0.1) is 0 Å². The molecular formula is C15H22Cl2N2. The van der Waals surface area contributed by atoms with Crippen LogP contribution in [0.4, 0.5) is 0 Å². The van der Waals surface area contributed by atoms with Crippen molar-refractivity contribution in [3.8, 4) is 0 Å². The minimum Gasteiger partial charge on any atom is -0.311 e. The highest BCUT2D eigenvalue weighted by Gasteiger charge is 2.18. The van der Waals surface area contributed by atoms with Gasteiger partial charge in [0.05, 0.1) is 0 Å². The number of rotatable bonds is 6. The first-order valence-corrected chi connectivity index (χ1v) is 7.78. The van der Waals surface area contributed by atoms with E-state index in [1.807, 2.05) is 18.2 Å². The average Bonchev–Trinajstić information content (AvgIpc) is 2.91. The third-order valence-electron chi connectivity index (χ3n) is 3.95. The van der Waals surface area contributed by atoms with Crippen LogP contribution in [0.15, 0.2) is 18.2 Å². The van der Waals surface area contributed by atoms with Crippen LogP contribution in [0.25, 0.3) is 0 Å². The van der Waals surface area contributed by atoms with E-state index >= 15 is 0 Å². The van der Waals surface area contributed by atoms with Gasteiger partial charge in [-0.2, -0.15) is 0 Å². The summed E-state index contributed by atoms with van der Waals surface area (Å²) in [6, 6.07) is 6.43. The van der Waals surface area contributed by atoms with Crippen molar-refractivity contribution in [1.82, 2.24) is 10.2 Å². The van der Waals surface area contributed by atoms with Gasteiger partial charge in [0.15, 0.2) is 0 Å². The van der Waals surface area contributed by atoms with Gasteiger partial charge < -0.3 is 10.2 Å². The lowest BCUT2D eigenvalue weighted by Gasteiger charge is -2.24. The summed E-state index contributed by atoms with van der Waals surface area (Å²) < 4.78 is 0. The molecule has 1 aliphatic carbocycles. The second kappa shape index (κ2) is 7.49. The second-order valence-corrected chi connectivity index (χ2v) is 6.11. The number of hydrogen-bond donors (Lipinski definition) is 1. The Labute approximate surface area is 126 Å². The van der Waals surface area contributed by atoms with Gasteiger partial charge >= 0.3 is 0 Å². The van der Waals surface area contributed by atoms with Crippen molar-refractivity contribution < 1.29 is 0 Å². The number of halogens is 2. The number of nitrogens with one attached hydrogen (secondary N) is 1. The van der Waals surface area contributed by atoms with Crippen LogP contribution in [0.3, 0.4) is 0 Å². The first kappa shape index (κ1) is 15.1. The van der Waals surface area contributed by atoms with Crippen molar-refractivity contribution in [3.63, 3.8) is 0 Å². The number of benzene rings is 1. The Morgan fingerprint density at radius 3 is 2.47 bits per heavy atom. The molecule has 1 fully saturated rings. The quantitative estimate of drug-likeness (QED) is 0.800. The number of nitrogens with zero attached hydrogens (tertiary/aromatic N) is 1. The largest absolute Gasteiger partial charge is 0.311 e. The Kier molecular flexibility index (Phi) is 5.96. The molecule has 1 aromatic rings. The molecule has 0 saturated heterocycles. The second-order valence-electron chi connectivity index (χ2n) is 5.30. The lowest BCUT2D eigenvalue weighted by Crippen LogP contribution is -2.35. The van der Waals surface area contributed by atoms with Crippen molar-refractivity contribution in [1.29, 1.82) is 0 Å². The molecule has 106 valence electrons. The van der Waals surface area contributed by atoms with Gasteiger partial charge in [0.25, 0.3) is 0 Å². The Morgan fingerprint density at radius 2 is 1.84 bits per heavy atom. The van der Waals surface area contributed by atoms with Gasteiger partial charge in [0.1, 0.15) is 0 Å². The van der Waals surface area contributed by atoms with Gasteiger partial charge in [0, 0.05) is 41.3 Å². The van der Waals surface area contributed by atoms with Gasteiger partial charge in [-0.25, -0.2) is 0 Å². The van der Waals surface area contributed by atoms with Crippen LogP contribution < -0.4 is 5.32 Å². The smallest absolute Gasteiger partial charge is 0.0465 e. The molecule has 19 heavy (non-hydrogen) atoms. The van der Waals surface area contributed by atoms with Crippen molar-refractivity contribution in [2.75, 3.05) is 20.1 Å². The minimum atomic E-state index is 0.733. The summed E-state index contributed by atoms with van der Waals surface area (Å²) >= 11 is 12.3. The van der Waals surface area contributed by atoms with Crippen molar-refractivity contribution in [3.05, 3.63) is 33.8 Å². The van der Waals surface area contributed by atoms with Crippen molar-refractivity contribution in [2.45, 2.75) is 38.3 Å². The maximum Gasteiger partial charge on any atom is 0.0465 e. The molecule has 1 N–H and O–H groups in total. The zero-order valence-electron chi connectivity index (χ0n) is 11.5. The van der Waals surface area contributed by atoms with Gasteiger partial charge in [-0.05, 0) is 32.0 Å². The summed E-state index contributed by atoms with van der Waals surface area (Å²) in [5.41, 5.74) is 0.995. The lowest BCUT2D eigenvalue weighted by molar-refractivity contribution is 0.245. The van der Waals surface area contributed by atoms with E-state index in [0.717, 1.165) is 41.3 Å². The molecule has 0 atom stereocenters. The molecule has 2 nitrogen and oxygen atoms in total. The average molecular weight is 301 g/mol. The molecule has 4 heteroatoms. The summed E-state index contributed by atoms with van der Waals surface area (Å²) in [6.07, 6.45) is 5.48. The van der Waals surface area contributed by atoms with Gasteiger partial charge in [-0.3, -0.25) is 0 Å². The maximum atomic E-state index is 6.14. The van der Waals surface area contributed by atoms with E-state index in [0.29, 0.717) is 0 Å². The molecule has 0 aromatic heterocycles. The SMILES string of the molecule is CN(CCNCc1c(Cl)cccc1Cl)C1CCCC1. The van der Waals surface area contributed by atoms with Crippen LogP contribution in [0, 0.1) is 0 Å². The van der Waals surface area contributed by atoms with E-state index < -0.39 is 0 Å². The molecule has 0 aliphatic heterocycles. The van der Waals surface area contributed by atoms with Gasteiger partial charge in [0.2, 0.25) is 0 Å². The van der Waals surface area contributed by atoms with E-state index in [9.17, 15) is 0 Å². The lowest BCUT2D eigenvalue weighted by atomic mass is 10.2. The number of likely N-dealkylation sites (N-methyl/N-ethyl adjacent to an activating group) is 1. The highest BCUT2D eigenvalue weighted by Crippen LogP contribution is 2.24. The molecule has 0 heterocycles. The predicted octanol–water partition coefficient (Wildman–Crippen LogP) is 3.96. The number of hydrogen-bond acceptors (Lipinski definition) is 2. The van der Waals surface area contributed by atoms with Crippen LogP contribution in [-0.4, -0.2) is 31.1 Å². The van der Waals surface area contributed by atoms with E-state index in [1.54, 1.807) is 0 Å². The van der Waals surface area contributed by atoms with Crippen LogP contribution in [0.1, 0.15) is 31.2 Å². The third-order valence-corrected chi connectivity index (χ3v) is 4.66. The monoisotopic (exact) mass is 300 g/mol. The van der Waals surface area contributed by atoms with Crippen LogP contribution in [0.2, 0.25) is 10.0 Å².